The Morgan fingerprint density at radius 2 is 2.04 bits per heavy atom. The van der Waals surface area contributed by atoms with E-state index in [9.17, 15) is 9.90 Å². The van der Waals surface area contributed by atoms with Gasteiger partial charge >= 0.3 is 5.97 Å². The summed E-state index contributed by atoms with van der Waals surface area (Å²) >= 11 is 5.88. The van der Waals surface area contributed by atoms with Crippen LogP contribution in [0, 0.1) is 5.92 Å². The van der Waals surface area contributed by atoms with Gasteiger partial charge in [0, 0.05) is 11.9 Å². The largest absolute Gasteiger partial charge is 0.489 e. The zero-order valence-corrected chi connectivity index (χ0v) is 14.8. The Labute approximate surface area is 143 Å². The molecule has 1 aromatic carbocycles. The summed E-state index contributed by atoms with van der Waals surface area (Å²) in [6.07, 6.45) is 2.32. The maximum Gasteiger partial charge on any atom is 0.336 e. The lowest BCUT2D eigenvalue weighted by atomic mass is 10.0. The molecular weight excluding hydrogens is 314 g/mol. The Kier molecular flexibility index (Phi) is 6.31. The molecule has 0 saturated heterocycles. The van der Waals surface area contributed by atoms with Crippen LogP contribution in [0.5, 0.6) is 5.75 Å². The van der Waals surface area contributed by atoms with Crippen LogP contribution >= 0.6 is 11.6 Å². The van der Waals surface area contributed by atoms with Crippen molar-refractivity contribution in [2.75, 3.05) is 13.1 Å². The number of halogens is 1. The Balaban J connectivity index is 2.19. The number of benzene rings is 1. The molecule has 0 aromatic heterocycles. The molecule has 0 unspecified atom stereocenters. The van der Waals surface area contributed by atoms with E-state index < -0.39 is 5.97 Å². The smallest absolute Gasteiger partial charge is 0.336 e. The number of carboxylic acid groups (broad SMARTS) is 1. The van der Waals surface area contributed by atoms with E-state index in [2.05, 4.69) is 25.7 Å². The lowest BCUT2D eigenvalue weighted by Gasteiger charge is -2.34. The normalized spacial score (nSPS) is 24.1. The van der Waals surface area contributed by atoms with Crippen LogP contribution in [0.15, 0.2) is 18.2 Å². The van der Waals surface area contributed by atoms with Gasteiger partial charge in [0.1, 0.15) is 11.9 Å². The standard InChI is InChI=1S/C18H26ClNO3/c1-4-20(5-2)17-12(3)6-9-16(17)23-14-7-8-15(18(21)22)13(10-14)11-19/h7-8,10,12,16-17H,4-6,9,11H2,1-3H3,(H,21,22)/t12-,16-,17-/m0/s1. The third-order valence-electron chi connectivity index (χ3n) is 4.84. The maximum absolute atomic E-state index is 11.2. The van der Waals surface area contributed by atoms with Crippen LogP contribution in [0.3, 0.4) is 0 Å². The van der Waals surface area contributed by atoms with Gasteiger partial charge in [-0.05, 0) is 55.6 Å². The van der Waals surface area contributed by atoms with Crippen LogP contribution < -0.4 is 4.74 Å². The molecule has 0 spiro atoms. The number of likely N-dealkylation sites (N-methyl/N-ethyl adjacent to an activating group) is 1. The Bertz CT molecular complexity index is 545. The van der Waals surface area contributed by atoms with E-state index in [0.29, 0.717) is 23.3 Å². The second kappa shape index (κ2) is 8.02. The number of alkyl halides is 1. The maximum atomic E-state index is 11.2. The minimum atomic E-state index is -0.956. The number of ether oxygens (including phenoxy) is 1. The van der Waals surface area contributed by atoms with Crippen LogP contribution in [-0.2, 0) is 5.88 Å². The molecule has 1 aliphatic rings. The first-order valence-electron chi connectivity index (χ1n) is 8.34. The van der Waals surface area contributed by atoms with Crippen LogP contribution in [0.2, 0.25) is 0 Å². The SMILES string of the molecule is CCN(CC)[C@@H]1[C@@H](Oc2ccc(C(=O)O)c(CCl)c2)CC[C@@H]1C. The van der Waals surface area contributed by atoms with Crippen molar-refractivity contribution in [1.29, 1.82) is 0 Å². The summed E-state index contributed by atoms with van der Waals surface area (Å²) in [5.41, 5.74) is 0.842. The highest BCUT2D eigenvalue weighted by atomic mass is 35.5. The molecule has 0 heterocycles. The van der Waals surface area contributed by atoms with Crippen LogP contribution in [0.1, 0.15) is 49.5 Å². The zero-order chi connectivity index (χ0) is 17.0. The summed E-state index contributed by atoms with van der Waals surface area (Å²) in [4.78, 5) is 13.6. The molecule has 1 saturated carbocycles. The Morgan fingerprint density at radius 1 is 1.35 bits per heavy atom. The predicted molar refractivity (Wildman–Crippen MR) is 92.5 cm³/mol. The second-order valence-electron chi connectivity index (χ2n) is 6.18. The molecule has 3 atom stereocenters. The van der Waals surface area contributed by atoms with E-state index in [1.165, 1.54) is 0 Å². The fourth-order valence-corrected chi connectivity index (χ4v) is 3.86. The molecule has 1 aliphatic carbocycles. The molecule has 0 bridgehead atoms. The molecule has 5 heteroatoms. The number of carboxylic acids is 1. The van der Waals surface area contributed by atoms with Gasteiger partial charge < -0.3 is 9.84 Å². The van der Waals surface area contributed by atoms with Crippen molar-refractivity contribution in [2.45, 2.75) is 51.6 Å². The van der Waals surface area contributed by atoms with E-state index in [1.807, 2.05) is 0 Å². The topological polar surface area (TPSA) is 49.8 Å². The number of aromatic carboxylic acids is 1. The summed E-state index contributed by atoms with van der Waals surface area (Å²) < 4.78 is 6.23. The number of nitrogens with zero attached hydrogens (tertiary/aromatic N) is 1. The minimum absolute atomic E-state index is 0.142. The van der Waals surface area contributed by atoms with Gasteiger partial charge in [0.25, 0.3) is 0 Å². The first kappa shape index (κ1) is 18.1. The van der Waals surface area contributed by atoms with Gasteiger partial charge in [0.15, 0.2) is 0 Å². The third kappa shape index (κ3) is 3.99. The summed E-state index contributed by atoms with van der Waals surface area (Å²) in [5.74, 6) is 0.523. The molecule has 0 radical (unpaired) electrons. The molecule has 4 nitrogen and oxygen atoms in total. The number of rotatable bonds is 7. The van der Waals surface area contributed by atoms with Gasteiger partial charge in [-0.2, -0.15) is 0 Å². The molecular formula is C18H26ClNO3. The molecule has 0 aliphatic heterocycles. The third-order valence-corrected chi connectivity index (χ3v) is 5.13. The van der Waals surface area contributed by atoms with Gasteiger partial charge in [-0.3, -0.25) is 4.90 Å². The van der Waals surface area contributed by atoms with Crippen LogP contribution in [0.4, 0.5) is 0 Å². The average Bonchev–Trinajstić information content (AvgIpc) is 2.89. The van der Waals surface area contributed by atoms with Crippen molar-refractivity contribution in [1.82, 2.24) is 4.90 Å². The summed E-state index contributed by atoms with van der Waals surface area (Å²) in [5, 5.41) is 9.18. The fraction of sp³-hybridized carbons (Fsp3) is 0.611. The summed E-state index contributed by atoms with van der Waals surface area (Å²) in [6.45, 7) is 8.66. The molecule has 128 valence electrons. The first-order valence-corrected chi connectivity index (χ1v) is 8.88. The molecule has 0 amide bonds. The molecule has 1 N–H and O–H groups in total. The average molecular weight is 340 g/mol. The number of hydrogen-bond acceptors (Lipinski definition) is 3. The summed E-state index contributed by atoms with van der Waals surface area (Å²) in [7, 11) is 0. The van der Waals surface area contributed by atoms with E-state index in [4.69, 9.17) is 16.3 Å². The monoisotopic (exact) mass is 339 g/mol. The van der Waals surface area contributed by atoms with Gasteiger partial charge in [0.2, 0.25) is 0 Å². The molecule has 2 rings (SSSR count). The van der Waals surface area contributed by atoms with Crippen LogP contribution in [-0.4, -0.2) is 41.2 Å². The second-order valence-corrected chi connectivity index (χ2v) is 6.45. The van der Waals surface area contributed by atoms with E-state index >= 15 is 0 Å². The van der Waals surface area contributed by atoms with Gasteiger partial charge in [-0.15, -0.1) is 11.6 Å². The lowest BCUT2D eigenvalue weighted by molar-refractivity contribution is 0.0695. The quantitative estimate of drug-likeness (QED) is 0.762. The first-order chi connectivity index (χ1) is 11.0. The van der Waals surface area contributed by atoms with Crippen molar-refractivity contribution >= 4 is 17.6 Å². The Hall–Kier alpha value is -1.26. The number of hydrogen-bond donors (Lipinski definition) is 1. The van der Waals surface area contributed by atoms with E-state index in [1.54, 1.807) is 18.2 Å². The molecule has 1 aromatic rings. The van der Waals surface area contributed by atoms with Crippen molar-refractivity contribution in [3.63, 3.8) is 0 Å². The van der Waals surface area contributed by atoms with Gasteiger partial charge in [-0.25, -0.2) is 4.79 Å². The van der Waals surface area contributed by atoms with Crippen molar-refractivity contribution in [3.8, 4) is 5.75 Å². The van der Waals surface area contributed by atoms with Crippen molar-refractivity contribution in [3.05, 3.63) is 29.3 Å². The van der Waals surface area contributed by atoms with Crippen molar-refractivity contribution in [2.24, 2.45) is 5.92 Å². The predicted octanol–water partition coefficient (Wildman–Crippen LogP) is 4.01. The molecule has 1 fully saturated rings. The Morgan fingerprint density at radius 3 is 2.61 bits per heavy atom. The van der Waals surface area contributed by atoms with Gasteiger partial charge in [-0.1, -0.05) is 20.8 Å². The highest BCUT2D eigenvalue weighted by Crippen LogP contribution is 2.33. The number of carbonyl (C=O) groups is 1. The van der Waals surface area contributed by atoms with E-state index in [-0.39, 0.29) is 17.5 Å². The van der Waals surface area contributed by atoms with Gasteiger partial charge in [0.05, 0.1) is 5.56 Å². The fourth-order valence-electron chi connectivity index (χ4n) is 3.64. The lowest BCUT2D eigenvalue weighted by Crippen LogP contribution is -2.45. The molecule has 23 heavy (non-hydrogen) atoms. The minimum Gasteiger partial charge on any atom is -0.489 e. The van der Waals surface area contributed by atoms with Crippen LogP contribution in [0.25, 0.3) is 0 Å². The highest BCUT2D eigenvalue weighted by Gasteiger charge is 2.38. The summed E-state index contributed by atoms with van der Waals surface area (Å²) in [6, 6.07) is 5.49. The van der Waals surface area contributed by atoms with Crippen molar-refractivity contribution < 1.29 is 14.6 Å². The highest BCUT2D eigenvalue weighted by molar-refractivity contribution is 6.17. The van der Waals surface area contributed by atoms with E-state index in [0.717, 1.165) is 25.9 Å². The zero-order valence-electron chi connectivity index (χ0n) is 14.1.